The fourth-order valence-corrected chi connectivity index (χ4v) is 3.49. The van der Waals surface area contributed by atoms with Crippen LogP contribution in [0.3, 0.4) is 0 Å². The molecule has 24 heavy (non-hydrogen) atoms. The average molecular weight is 324 g/mol. The number of fused-ring (bicyclic) bond motifs is 1. The van der Waals surface area contributed by atoms with Crippen molar-refractivity contribution in [2.75, 3.05) is 13.1 Å². The van der Waals surface area contributed by atoms with Crippen LogP contribution in [-0.2, 0) is 16.0 Å². The molecule has 4 nitrogen and oxygen atoms in total. The Hall–Kier alpha value is -2.36. The molecule has 1 saturated heterocycles. The summed E-state index contributed by atoms with van der Waals surface area (Å²) in [5.41, 5.74) is 1.23. The highest BCUT2D eigenvalue weighted by atomic mass is 16.2. The van der Waals surface area contributed by atoms with Gasteiger partial charge < -0.3 is 10.2 Å². The van der Waals surface area contributed by atoms with E-state index in [0.29, 0.717) is 25.9 Å². The Morgan fingerprint density at radius 2 is 2.00 bits per heavy atom. The summed E-state index contributed by atoms with van der Waals surface area (Å²) in [6, 6.07) is 14.2. The number of carbonyl (C=O) groups is 2. The van der Waals surface area contributed by atoms with E-state index in [9.17, 15) is 9.59 Å². The summed E-state index contributed by atoms with van der Waals surface area (Å²) < 4.78 is 0. The van der Waals surface area contributed by atoms with Crippen LogP contribution in [0.5, 0.6) is 0 Å². The van der Waals surface area contributed by atoms with E-state index in [1.807, 2.05) is 19.1 Å². The zero-order valence-electron chi connectivity index (χ0n) is 14.1. The van der Waals surface area contributed by atoms with Gasteiger partial charge in [0.25, 0.3) is 0 Å². The molecule has 0 aromatic heterocycles. The molecule has 0 aliphatic carbocycles. The molecule has 0 bridgehead atoms. The van der Waals surface area contributed by atoms with Crippen molar-refractivity contribution in [2.45, 2.75) is 38.6 Å². The van der Waals surface area contributed by atoms with Gasteiger partial charge in [-0.25, -0.2) is 0 Å². The number of hydrogen-bond donors (Lipinski definition) is 1. The molecule has 1 aliphatic rings. The van der Waals surface area contributed by atoms with Crippen LogP contribution in [0, 0.1) is 0 Å². The molecule has 2 aromatic rings. The fraction of sp³-hybridized carbons (Fsp3) is 0.400. The molecule has 2 amide bonds. The van der Waals surface area contributed by atoms with Gasteiger partial charge in [0.2, 0.25) is 11.8 Å². The Morgan fingerprint density at radius 1 is 1.21 bits per heavy atom. The number of carbonyl (C=O) groups excluding carboxylic acids is 2. The van der Waals surface area contributed by atoms with Gasteiger partial charge in [0.15, 0.2) is 0 Å². The van der Waals surface area contributed by atoms with E-state index in [2.05, 4.69) is 35.6 Å². The lowest BCUT2D eigenvalue weighted by Crippen LogP contribution is -2.47. The number of nitrogens with one attached hydrogen (secondary N) is 1. The summed E-state index contributed by atoms with van der Waals surface area (Å²) in [5, 5.41) is 5.46. The molecule has 0 unspecified atom stereocenters. The summed E-state index contributed by atoms with van der Waals surface area (Å²) in [5.74, 6) is 0.0686. The summed E-state index contributed by atoms with van der Waals surface area (Å²) in [6.07, 6.45) is 2.88. The van der Waals surface area contributed by atoms with Gasteiger partial charge >= 0.3 is 0 Å². The number of rotatable bonds is 6. The van der Waals surface area contributed by atoms with Crippen LogP contribution in [-0.4, -0.2) is 35.8 Å². The smallest absolute Gasteiger partial charge is 0.242 e. The summed E-state index contributed by atoms with van der Waals surface area (Å²) in [7, 11) is 0. The van der Waals surface area contributed by atoms with Gasteiger partial charge in [-0.05, 0) is 35.6 Å². The SMILES string of the molecule is CC[C@@H](C(=O)NCCc1cccc2ccccc12)N1CCCC1=O. The second kappa shape index (κ2) is 7.47. The van der Waals surface area contributed by atoms with Crippen LogP contribution in [0.2, 0.25) is 0 Å². The van der Waals surface area contributed by atoms with Gasteiger partial charge in [0.1, 0.15) is 6.04 Å². The first-order valence-electron chi connectivity index (χ1n) is 8.74. The second-order valence-corrected chi connectivity index (χ2v) is 6.29. The predicted molar refractivity (Wildman–Crippen MR) is 95.7 cm³/mol. The fourth-order valence-electron chi connectivity index (χ4n) is 3.49. The molecule has 2 aromatic carbocycles. The lowest BCUT2D eigenvalue weighted by atomic mass is 10.0. The van der Waals surface area contributed by atoms with Crippen molar-refractivity contribution in [2.24, 2.45) is 0 Å². The van der Waals surface area contributed by atoms with Crippen molar-refractivity contribution in [3.05, 3.63) is 48.0 Å². The molecule has 126 valence electrons. The maximum atomic E-state index is 12.5. The Balaban J connectivity index is 1.60. The first-order valence-corrected chi connectivity index (χ1v) is 8.74. The van der Waals surface area contributed by atoms with E-state index in [4.69, 9.17) is 0 Å². The van der Waals surface area contributed by atoms with Gasteiger partial charge in [-0.1, -0.05) is 49.4 Å². The number of hydrogen-bond acceptors (Lipinski definition) is 2. The van der Waals surface area contributed by atoms with Crippen LogP contribution >= 0.6 is 0 Å². The van der Waals surface area contributed by atoms with Crippen molar-refractivity contribution in [1.82, 2.24) is 10.2 Å². The predicted octanol–water partition coefficient (Wildman–Crippen LogP) is 2.90. The van der Waals surface area contributed by atoms with E-state index in [1.165, 1.54) is 16.3 Å². The van der Waals surface area contributed by atoms with E-state index < -0.39 is 0 Å². The van der Waals surface area contributed by atoms with Gasteiger partial charge in [0, 0.05) is 19.5 Å². The number of benzene rings is 2. The van der Waals surface area contributed by atoms with Crippen LogP contribution in [0.4, 0.5) is 0 Å². The Labute approximate surface area is 142 Å². The highest BCUT2D eigenvalue weighted by Crippen LogP contribution is 2.19. The van der Waals surface area contributed by atoms with Crippen LogP contribution in [0.15, 0.2) is 42.5 Å². The molecule has 4 heteroatoms. The Kier molecular flexibility index (Phi) is 5.14. The molecule has 1 N–H and O–H groups in total. The minimum Gasteiger partial charge on any atom is -0.354 e. The van der Waals surface area contributed by atoms with Gasteiger partial charge in [-0.2, -0.15) is 0 Å². The summed E-state index contributed by atoms with van der Waals surface area (Å²) in [6.45, 7) is 3.25. The Morgan fingerprint density at radius 3 is 2.75 bits per heavy atom. The molecule has 1 heterocycles. The lowest BCUT2D eigenvalue weighted by Gasteiger charge is -2.25. The zero-order valence-corrected chi connectivity index (χ0v) is 14.1. The van der Waals surface area contributed by atoms with Crippen molar-refractivity contribution in [3.63, 3.8) is 0 Å². The third kappa shape index (κ3) is 3.42. The maximum Gasteiger partial charge on any atom is 0.242 e. The van der Waals surface area contributed by atoms with E-state index in [1.54, 1.807) is 4.90 Å². The molecule has 0 radical (unpaired) electrons. The summed E-state index contributed by atoms with van der Waals surface area (Å²) in [4.78, 5) is 26.1. The monoisotopic (exact) mass is 324 g/mol. The van der Waals surface area contributed by atoms with Crippen LogP contribution < -0.4 is 5.32 Å². The second-order valence-electron chi connectivity index (χ2n) is 6.29. The maximum absolute atomic E-state index is 12.5. The van der Waals surface area contributed by atoms with Crippen molar-refractivity contribution in [3.8, 4) is 0 Å². The minimum absolute atomic E-state index is 0.0343. The first-order chi connectivity index (χ1) is 11.7. The highest BCUT2D eigenvalue weighted by molar-refractivity contribution is 5.89. The number of likely N-dealkylation sites (tertiary alicyclic amines) is 1. The van der Waals surface area contributed by atoms with Gasteiger partial charge in [-0.3, -0.25) is 9.59 Å². The van der Waals surface area contributed by atoms with Gasteiger partial charge in [-0.15, -0.1) is 0 Å². The molecular formula is C20H24N2O2. The molecule has 0 saturated carbocycles. The normalized spacial score (nSPS) is 15.7. The third-order valence-electron chi connectivity index (χ3n) is 4.75. The first kappa shape index (κ1) is 16.5. The molecule has 1 fully saturated rings. The third-order valence-corrected chi connectivity index (χ3v) is 4.75. The van der Waals surface area contributed by atoms with E-state index in [-0.39, 0.29) is 17.9 Å². The molecule has 3 rings (SSSR count). The quantitative estimate of drug-likeness (QED) is 0.888. The minimum atomic E-state index is -0.326. The summed E-state index contributed by atoms with van der Waals surface area (Å²) >= 11 is 0. The topological polar surface area (TPSA) is 49.4 Å². The van der Waals surface area contributed by atoms with Crippen molar-refractivity contribution < 1.29 is 9.59 Å². The highest BCUT2D eigenvalue weighted by Gasteiger charge is 2.31. The van der Waals surface area contributed by atoms with Crippen LogP contribution in [0.1, 0.15) is 31.7 Å². The van der Waals surface area contributed by atoms with Crippen LogP contribution in [0.25, 0.3) is 10.8 Å². The van der Waals surface area contributed by atoms with Crippen molar-refractivity contribution in [1.29, 1.82) is 0 Å². The van der Waals surface area contributed by atoms with Crippen molar-refractivity contribution >= 4 is 22.6 Å². The average Bonchev–Trinajstić information content (AvgIpc) is 3.02. The number of amides is 2. The molecule has 0 spiro atoms. The zero-order chi connectivity index (χ0) is 16.9. The molecule has 1 aliphatic heterocycles. The largest absolute Gasteiger partial charge is 0.354 e. The van der Waals surface area contributed by atoms with Gasteiger partial charge in [0.05, 0.1) is 0 Å². The van der Waals surface area contributed by atoms with E-state index >= 15 is 0 Å². The standard InChI is InChI=1S/C20H24N2O2/c1-2-18(22-14-6-11-19(22)23)20(24)21-13-12-16-9-5-8-15-7-3-4-10-17(15)16/h3-5,7-10,18H,2,6,11-14H2,1H3,(H,21,24)/t18-/m0/s1. The number of nitrogens with zero attached hydrogens (tertiary/aromatic N) is 1. The Bertz CT molecular complexity index is 736. The molecule has 1 atom stereocenters. The molecular weight excluding hydrogens is 300 g/mol. The van der Waals surface area contributed by atoms with E-state index in [0.717, 1.165) is 12.8 Å². The lowest BCUT2D eigenvalue weighted by molar-refractivity contribution is -0.137.